The van der Waals surface area contributed by atoms with Gasteiger partial charge in [-0.3, -0.25) is 24.0 Å². The molecule has 6 N–H and O–H groups in total. The Morgan fingerprint density at radius 3 is 1.21 bits per heavy atom. The van der Waals surface area contributed by atoms with Crippen LogP contribution in [0, 0.1) is 23.7 Å². The Labute approximate surface area is 154 Å². The van der Waals surface area contributed by atoms with Gasteiger partial charge < -0.3 is 45.3 Å². The second-order valence-corrected chi connectivity index (χ2v) is 7.09. The van der Waals surface area contributed by atoms with E-state index in [1.54, 1.807) is 0 Å². The van der Waals surface area contributed by atoms with E-state index >= 15 is 0 Å². The van der Waals surface area contributed by atoms with Crippen LogP contribution in [0.15, 0.2) is 0 Å². The van der Waals surface area contributed by atoms with Crippen molar-refractivity contribution in [1.82, 2.24) is 0 Å². The fourth-order valence-corrected chi connectivity index (χ4v) is 3.61. The maximum Gasteiger partial charge on any atom is 0.344 e. The average Bonchev–Trinajstić information content (AvgIpc) is 2.45. The van der Waals surface area contributed by atoms with E-state index in [-0.39, 0.29) is 0 Å². The summed E-state index contributed by atoms with van der Waals surface area (Å²) in [6.07, 6.45) is -1.52. The van der Waals surface area contributed by atoms with Crippen LogP contribution in [0.3, 0.4) is 0 Å². The van der Waals surface area contributed by atoms with Crippen LogP contribution in [0.25, 0.3) is 0 Å². The van der Waals surface area contributed by atoms with Crippen molar-refractivity contribution in [2.24, 2.45) is 23.7 Å². The summed E-state index contributed by atoms with van der Waals surface area (Å²) in [5, 5.41) is 54.2. The Kier molecular flexibility index (Phi) is 8.40. The highest BCUT2D eigenvalue weighted by Crippen LogP contribution is 2.46. The van der Waals surface area contributed by atoms with Gasteiger partial charge in [0.05, 0.1) is 24.2 Å². The summed E-state index contributed by atoms with van der Waals surface area (Å²) in [6.45, 7) is 0. The van der Waals surface area contributed by atoms with Gasteiger partial charge in [0, 0.05) is 0 Å². The molecule has 0 aromatic rings. The van der Waals surface area contributed by atoms with Crippen LogP contribution in [-0.4, -0.2) is 72.1 Å². The van der Waals surface area contributed by atoms with E-state index in [4.69, 9.17) is 20.4 Å². The molecule has 5 unspecified atom stereocenters. The van der Waals surface area contributed by atoms with Crippen molar-refractivity contribution in [2.45, 2.75) is 12.1 Å². The Morgan fingerprint density at radius 1 is 0.607 bits per heavy atom. The molecule has 158 valence electrons. The van der Waals surface area contributed by atoms with Crippen molar-refractivity contribution in [3.05, 3.63) is 0 Å². The minimum absolute atomic E-state index is 1.52. The van der Waals surface area contributed by atoms with Gasteiger partial charge >= 0.3 is 35.8 Å². The first-order chi connectivity index (χ1) is 12.5. The second-order valence-electron chi connectivity index (χ2n) is 5.46. The molecule has 0 aromatic carbocycles. The van der Waals surface area contributed by atoms with Gasteiger partial charge in [0.2, 0.25) is 0 Å². The van der Waals surface area contributed by atoms with Crippen LogP contribution in [0.4, 0.5) is 0 Å². The Hall–Kier alpha value is -2.87. The molecule has 16 heteroatoms. The van der Waals surface area contributed by atoms with Gasteiger partial charge in [-0.05, 0) is 0 Å². The van der Waals surface area contributed by atoms with Crippen LogP contribution in [0.1, 0.15) is 6.42 Å². The molecule has 0 spiro atoms. The highest BCUT2D eigenvalue weighted by molar-refractivity contribution is 7.56. The van der Waals surface area contributed by atoms with Crippen LogP contribution in [-0.2, 0) is 28.8 Å². The first-order valence-corrected chi connectivity index (χ1v) is 8.52. The molecule has 0 amide bonds. The first kappa shape index (κ1) is 25.1. The molecule has 28 heavy (non-hydrogen) atoms. The molecule has 0 aliphatic rings. The highest BCUT2D eigenvalue weighted by Gasteiger charge is 2.55. The van der Waals surface area contributed by atoms with E-state index in [1.165, 1.54) is 0 Å². The Morgan fingerprint density at radius 2 is 1.00 bits per heavy atom. The molecule has 0 bridgehead atoms. The zero-order valence-electron chi connectivity index (χ0n) is 13.4. The van der Waals surface area contributed by atoms with E-state index in [0.717, 1.165) is 0 Å². The SMILES string of the molecule is O=C(O)CC(C(=O)O)C(C(=O)O)C(C(=O)O)C(C(=O)O)C(C(=O)O)[P+]([O-])([O-])[O-]. The molecule has 0 aromatic heterocycles. The molecule has 0 rings (SSSR count). The van der Waals surface area contributed by atoms with Gasteiger partial charge in [0.15, 0.2) is 5.66 Å². The molecular formula is C12H13O15P-2. The van der Waals surface area contributed by atoms with Gasteiger partial charge in [-0.2, -0.15) is 0 Å². The normalized spacial score (nSPS) is 16.8. The molecule has 0 heterocycles. The van der Waals surface area contributed by atoms with E-state index in [0.29, 0.717) is 0 Å². The third-order valence-corrected chi connectivity index (χ3v) is 4.93. The first-order valence-electron chi connectivity index (χ1n) is 6.91. The van der Waals surface area contributed by atoms with E-state index in [1.807, 2.05) is 0 Å². The quantitative estimate of drug-likeness (QED) is 0.160. The minimum Gasteiger partial charge on any atom is -0.687 e. The van der Waals surface area contributed by atoms with Crippen LogP contribution >= 0.6 is 7.94 Å². The van der Waals surface area contributed by atoms with E-state index < -0.39 is 79.5 Å². The maximum atomic E-state index is 11.5. The van der Waals surface area contributed by atoms with Crippen LogP contribution in [0.2, 0.25) is 0 Å². The second kappa shape index (κ2) is 9.36. The van der Waals surface area contributed by atoms with Crippen LogP contribution in [0.5, 0.6) is 0 Å². The number of hydrogen-bond donors (Lipinski definition) is 6. The third kappa shape index (κ3) is 6.09. The lowest BCUT2D eigenvalue weighted by Crippen LogP contribution is -2.56. The molecular weight excluding hydrogens is 415 g/mol. The summed E-state index contributed by atoms with van der Waals surface area (Å²) in [7, 11) is -6.39. The Balaban J connectivity index is 6.76. The highest BCUT2D eigenvalue weighted by atomic mass is 31.2. The lowest BCUT2D eigenvalue weighted by molar-refractivity contribution is -0.430. The van der Waals surface area contributed by atoms with Crippen molar-refractivity contribution in [3.8, 4) is 0 Å². The zero-order chi connectivity index (χ0) is 22.6. The number of carbonyl (C=O) groups is 6. The molecule has 0 saturated heterocycles. The molecule has 5 atom stereocenters. The van der Waals surface area contributed by atoms with E-state index in [9.17, 15) is 53.7 Å². The zero-order valence-corrected chi connectivity index (χ0v) is 14.3. The molecule has 0 radical (unpaired) electrons. The topological polar surface area (TPSA) is 293 Å². The third-order valence-electron chi connectivity index (χ3n) is 3.71. The predicted octanol–water partition coefficient (Wildman–Crippen LogP) is -4.44. The van der Waals surface area contributed by atoms with Gasteiger partial charge in [-0.1, -0.05) is 0 Å². The number of carboxylic acids is 6. The monoisotopic (exact) mass is 428 g/mol. The minimum atomic E-state index is -6.39. The average molecular weight is 428 g/mol. The summed E-state index contributed by atoms with van der Waals surface area (Å²) in [4.78, 5) is 101. The summed E-state index contributed by atoms with van der Waals surface area (Å²) in [5.41, 5.74) is -3.47. The van der Waals surface area contributed by atoms with Crippen LogP contribution < -0.4 is 14.7 Å². The number of rotatable bonds is 12. The predicted molar refractivity (Wildman–Crippen MR) is 75.1 cm³/mol. The summed E-state index contributed by atoms with van der Waals surface area (Å²) in [5.74, 6) is -25.9. The number of carboxylic acid groups (broad SMARTS) is 6. The van der Waals surface area contributed by atoms with E-state index in [2.05, 4.69) is 0 Å². The molecule has 0 aliphatic carbocycles. The van der Waals surface area contributed by atoms with Crippen molar-refractivity contribution in [1.29, 1.82) is 0 Å². The lowest BCUT2D eigenvalue weighted by atomic mass is 9.72. The van der Waals surface area contributed by atoms with Crippen molar-refractivity contribution in [3.63, 3.8) is 0 Å². The smallest absolute Gasteiger partial charge is 0.344 e. The molecule has 0 fully saturated rings. The molecule has 15 nitrogen and oxygen atoms in total. The lowest BCUT2D eigenvalue weighted by Gasteiger charge is -2.49. The van der Waals surface area contributed by atoms with Crippen molar-refractivity contribution < 1.29 is 74.1 Å². The summed E-state index contributed by atoms with van der Waals surface area (Å²) >= 11 is 0. The molecule has 0 aliphatic heterocycles. The standard InChI is InChI=1S/C12H15O15P/c13-3(14)1-2(8(15)16)4(9(17)18)5(10(19)20)6(11(21)22)7(12(23)24)28(25,26)27/h2,4-7H,1H2,(H,13,14)(H,15,16)(H,17,18)(H,19,20)(H,21,22)(H,23,24)(H2,25,26,27)/p-2. The van der Waals surface area contributed by atoms with Gasteiger partial charge in [0.25, 0.3) is 0 Å². The fourth-order valence-electron chi connectivity index (χ4n) is 2.63. The number of hydrogen-bond acceptors (Lipinski definition) is 9. The van der Waals surface area contributed by atoms with Gasteiger partial charge in [0.1, 0.15) is 5.92 Å². The molecule has 0 saturated carbocycles. The van der Waals surface area contributed by atoms with Crippen molar-refractivity contribution in [2.75, 3.05) is 0 Å². The van der Waals surface area contributed by atoms with Gasteiger partial charge in [-0.25, -0.2) is 4.79 Å². The summed E-state index contributed by atoms with van der Waals surface area (Å²) in [6, 6.07) is 0. The van der Waals surface area contributed by atoms with Crippen molar-refractivity contribution >= 4 is 43.8 Å². The largest absolute Gasteiger partial charge is 0.687 e. The summed E-state index contributed by atoms with van der Waals surface area (Å²) < 4.78 is 0. The number of aliphatic carboxylic acids is 6. The fraction of sp³-hybridized carbons (Fsp3) is 0.500. The maximum absolute atomic E-state index is 11.5. The Bertz CT molecular complexity index is 679. The van der Waals surface area contributed by atoms with Gasteiger partial charge in [-0.15, -0.1) is 7.94 Å².